The van der Waals surface area contributed by atoms with Gasteiger partial charge in [0.1, 0.15) is 0 Å². The van der Waals surface area contributed by atoms with Crippen molar-refractivity contribution in [1.82, 2.24) is 25.1 Å². The third-order valence-corrected chi connectivity index (χ3v) is 3.37. The molecule has 2 rings (SSSR count). The predicted molar refractivity (Wildman–Crippen MR) is 80.0 cm³/mol. The first-order chi connectivity index (χ1) is 9.86. The van der Waals surface area contributed by atoms with E-state index in [1.54, 1.807) is 24.7 Å². The molecule has 1 amide bonds. The Balaban J connectivity index is 2.11. The van der Waals surface area contributed by atoms with Gasteiger partial charge in [0.05, 0.1) is 12.4 Å². The summed E-state index contributed by atoms with van der Waals surface area (Å²) in [6.45, 7) is 6.85. The quantitative estimate of drug-likeness (QED) is 0.939. The first kappa shape index (κ1) is 15.4. The lowest BCUT2D eigenvalue weighted by atomic mass is 9.86. The molecule has 1 N–H and O–H groups in total. The van der Waals surface area contributed by atoms with Crippen LogP contribution in [0.2, 0.25) is 5.15 Å². The third kappa shape index (κ3) is 4.26. The Morgan fingerprint density at radius 1 is 1.38 bits per heavy atom. The lowest BCUT2D eigenvalue weighted by molar-refractivity contribution is 0.0886. The standard InChI is InChI=1S/C14H18ClN5O/c1-14(2,3)11(8-20-7-6-16-9-20)17-13(21)10-4-5-12(15)19-18-10/h4-7,9,11H,8H2,1-3H3,(H,17,21). The summed E-state index contributed by atoms with van der Waals surface area (Å²) < 4.78 is 1.93. The summed E-state index contributed by atoms with van der Waals surface area (Å²) in [4.78, 5) is 16.3. The molecule has 0 bridgehead atoms. The highest BCUT2D eigenvalue weighted by Crippen LogP contribution is 2.21. The molecular formula is C14H18ClN5O. The van der Waals surface area contributed by atoms with Gasteiger partial charge in [-0.15, -0.1) is 10.2 Å². The minimum atomic E-state index is -0.265. The van der Waals surface area contributed by atoms with E-state index in [2.05, 4.69) is 41.3 Å². The van der Waals surface area contributed by atoms with E-state index in [1.807, 2.05) is 10.8 Å². The normalized spacial score (nSPS) is 13.0. The van der Waals surface area contributed by atoms with E-state index in [4.69, 9.17) is 11.6 Å². The molecule has 0 aliphatic rings. The Bertz CT molecular complexity index is 589. The molecule has 1 atom stereocenters. The number of halogens is 1. The molecule has 0 spiro atoms. The van der Waals surface area contributed by atoms with E-state index in [0.717, 1.165) is 0 Å². The van der Waals surface area contributed by atoms with Crippen molar-refractivity contribution in [2.75, 3.05) is 0 Å². The van der Waals surface area contributed by atoms with Crippen molar-refractivity contribution in [3.05, 3.63) is 41.7 Å². The molecule has 0 radical (unpaired) electrons. The van der Waals surface area contributed by atoms with Crippen LogP contribution >= 0.6 is 11.6 Å². The molecule has 2 aromatic heterocycles. The van der Waals surface area contributed by atoms with Crippen LogP contribution in [0.3, 0.4) is 0 Å². The van der Waals surface area contributed by atoms with Gasteiger partial charge in [-0.3, -0.25) is 4.79 Å². The van der Waals surface area contributed by atoms with Crippen LogP contribution in [0.15, 0.2) is 30.9 Å². The molecule has 2 heterocycles. The van der Waals surface area contributed by atoms with Crippen LogP contribution in [0.1, 0.15) is 31.3 Å². The number of imidazole rings is 1. The number of hydrogen-bond acceptors (Lipinski definition) is 4. The Labute approximate surface area is 128 Å². The Morgan fingerprint density at radius 3 is 2.67 bits per heavy atom. The minimum absolute atomic E-state index is 0.0725. The second kappa shape index (κ2) is 6.22. The topological polar surface area (TPSA) is 72.7 Å². The Morgan fingerprint density at radius 2 is 2.14 bits per heavy atom. The van der Waals surface area contributed by atoms with Crippen molar-refractivity contribution in [3.63, 3.8) is 0 Å². The summed E-state index contributed by atoms with van der Waals surface area (Å²) in [5.41, 5.74) is 0.138. The van der Waals surface area contributed by atoms with Gasteiger partial charge >= 0.3 is 0 Å². The first-order valence-electron chi connectivity index (χ1n) is 6.62. The summed E-state index contributed by atoms with van der Waals surface area (Å²) in [6.07, 6.45) is 5.31. The largest absolute Gasteiger partial charge is 0.346 e. The molecule has 2 aromatic rings. The van der Waals surface area contributed by atoms with Gasteiger partial charge < -0.3 is 9.88 Å². The SMILES string of the molecule is CC(C)(C)C(Cn1ccnc1)NC(=O)c1ccc(Cl)nn1. The lowest BCUT2D eigenvalue weighted by Crippen LogP contribution is -2.46. The van der Waals surface area contributed by atoms with E-state index in [1.165, 1.54) is 0 Å². The fourth-order valence-corrected chi connectivity index (χ4v) is 1.91. The molecule has 1 unspecified atom stereocenters. The van der Waals surface area contributed by atoms with Gasteiger partial charge in [0.25, 0.3) is 5.91 Å². The molecule has 0 aliphatic carbocycles. The summed E-state index contributed by atoms with van der Waals surface area (Å²) in [5.74, 6) is -0.265. The molecule has 0 saturated heterocycles. The zero-order valence-corrected chi connectivity index (χ0v) is 13.0. The van der Waals surface area contributed by atoms with Gasteiger partial charge in [-0.1, -0.05) is 32.4 Å². The van der Waals surface area contributed by atoms with Gasteiger partial charge in [0.15, 0.2) is 10.8 Å². The number of nitrogens with one attached hydrogen (secondary N) is 1. The number of aromatic nitrogens is 4. The molecule has 0 aromatic carbocycles. The van der Waals surface area contributed by atoms with Crippen molar-refractivity contribution in [2.45, 2.75) is 33.4 Å². The van der Waals surface area contributed by atoms with Crippen molar-refractivity contribution in [3.8, 4) is 0 Å². The molecule has 0 aliphatic heterocycles. The van der Waals surface area contributed by atoms with E-state index in [-0.39, 0.29) is 28.2 Å². The predicted octanol–water partition coefficient (Wildman–Crippen LogP) is 2.17. The van der Waals surface area contributed by atoms with Crippen molar-refractivity contribution in [1.29, 1.82) is 0 Å². The fraction of sp³-hybridized carbons (Fsp3) is 0.429. The monoisotopic (exact) mass is 307 g/mol. The van der Waals surface area contributed by atoms with E-state index in [0.29, 0.717) is 6.54 Å². The maximum atomic E-state index is 12.3. The van der Waals surface area contributed by atoms with Gasteiger partial charge in [0.2, 0.25) is 0 Å². The van der Waals surface area contributed by atoms with Crippen LogP contribution in [-0.2, 0) is 6.54 Å². The van der Waals surface area contributed by atoms with Crippen molar-refractivity contribution < 1.29 is 4.79 Å². The summed E-state index contributed by atoms with van der Waals surface area (Å²) >= 11 is 5.67. The average molecular weight is 308 g/mol. The molecule has 0 saturated carbocycles. The molecule has 6 nitrogen and oxygen atoms in total. The Kier molecular flexibility index (Phi) is 4.57. The Hall–Kier alpha value is -1.95. The van der Waals surface area contributed by atoms with E-state index < -0.39 is 0 Å². The molecule has 0 fully saturated rings. The van der Waals surface area contributed by atoms with Crippen LogP contribution in [0.5, 0.6) is 0 Å². The second-order valence-electron chi connectivity index (χ2n) is 5.89. The zero-order valence-electron chi connectivity index (χ0n) is 12.2. The smallest absolute Gasteiger partial charge is 0.272 e. The van der Waals surface area contributed by atoms with Gasteiger partial charge in [-0.05, 0) is 17.5 Å². The highest BCUT2D eigenvalue weighted by atomic mass is 35.5. The van der Waals surface area contributed by atoms with Crippen LogP contribution in [0.4, 0.5) is 0 Å². The van der Waals surface area contributed by atoms with E-state index in [9.17, 15) is 4.79 Å². The highest BCUT2D eigenvalue weighted by molar-refractivity contribution is 6.29. The number of rotatable bonds is 4. The number of carbonyl (C=O) groups is 1. The first-order valence-corrected chi connectivity index (χ1v) is 7.00. The fourth-order valence-electron chi connectivity index (χ4n) is 1.81. The van der Waals surface area contributed by atoms with Gasteiger partial charge in [0, 0.05) is 18.9 Å². The zero-order chi connectivity index (χ0) is 15.5. The summed E-state index contributed by atoms with van der Waals surface area (Å²) in [5, 5.41) is 10.7. The number of carbonyl (C=O) groups excluding carboxylic acids is 1. The molecule has 7 heteroatoms. The maximum absolute atomic E-state index is 12.3. The maximum Gasteiger partial charge on any atom is 0.272 e. The number of amides is 1. The van der Waals surface area contributed by atoms with Crippen LogP contribution in [-0.4, -0.2) is 31.7 Å². The number of nitrogens with zero attached hydrogens (tertiary/aromatic N) is 4. The van der Waals surface area contributed by atoms with Crippen LogP contribution in [0.25, 0.3) is 0 Å². The van der Waals surface area contributed by atoms with Crippen molar-refractivity contribution >= 4 is 17.5 Å². The molecular weight excluding hydrogens is 290 g/mol. The molecule has 21 heavy (non-hydrogen) atoms. The minimum Gasteiger partial charge on any atom is -0.346 e. The second-order valence-corrected chi connectivity index (χ2v) is 6.28. The number of hydrogen-bond donors (Lipinski definition) is 1. The van der Waals surface area contributed by atoms with Gasteiger partial charge in [-0.25, -0.2) is 4.98 Å². The van der Waals surface area contributed by atoms with Crippen LogP contribution < -0.4 is 5.32 Å². The highest BCUT2D eigenvalue weighted by Gasteiger charge is 2.27. The van der Waals surface area contributed by atoms with Gasteiger partial charge in [-0.2, -0.15) is 0 Å². The summed E-state index contributed by atoms with van der Waals surface area (Å²) in [7, 11) is 0. The van der Waals surface area contributed by atoms with Crippen LogP contribution in [0, 0.1) is 5.41 Å². The van der Waals surface area contributed by atoms with E-state index >= 15 is 0 Å². The summed E-state index contributed by atoms with van der Waals surface area (Å²) in [6, 6.07) is 3.03. The lowest BCUT2D eigenvalue weighted by Gasteiger charge is -2.31. The third-order valence-electron chi connectivity index (χ3n) is 3.17. The van der Waals surface area contributed by atoms with Crippen molar-refractivity contribution in [2.24, 2.45) is 5.41 Å². The molecule has 112 valence electrons. The average Bonchev–Trinajstić information content (AvgIpc) is 2.90.